The lowest BCUT2D eigenvalue weighted by Crippen LogP contribution is -2.33. The summed E-state index contributed by atoms with van der Waals surface area (Å²) in [5.74, 6) is 0.435. The van der Waals surface area contributed by atoms with E-state index < -0.39 is 0 Å². The average molecular weight is 278 g/mol. The Kier molecular flexibility index (Phi) is 4.89. The fraction of sp³-hybridized carbons (Fsp3) is 0.643. The Bertz CT molecular complexity index is 447. The Hall–Kier alpha value is -1.69. The van der Waals surface area contributed by atoms with Crippen LogP contribution >= 0.6 is 0 Å². The molecule has 0 saturated heterocycles. The van der Waals surface area contributed by atoms with Gasteiger partial charge in [0.2, 0.25) is 0 Å². The molecule has 1 fully saturated rings. The van der Waals surface area contributed by atoms with Crippen molar-refractivity contribution >= 4 is 11.7 Å². The topological polar surface area (TPSA) is 78.4 Å². The minimum Gasteiger partial charge on any atom is -0.391 e. The molecule has 0 spiro atoms. The van der Waals surface area contributed by atoms with Gasteiger partial charge in [0.15, 0.2) is 5.69 Å². The van der Waals surface area contributed by atoms with Crippen molar-refractivity contribution < 1.29 is 9.90 Å². The highest BCUT2D eigenvalue weighted by Crippen LogP contribution is 2.20. The van der Waals surface area contributed by atoms with Gasteiger partial charge in [-0.1, -0.05) is 19.3 Å². The van der Waals surface area contributed by atoms with Crippen molar-refractivity contribution in [1.82, 2.24) is 15.1 Å². The zero-order valence-corrected chi connectivity index (χ0v) is 12.0. The number of nitrogens with zero attached hydrogens (tertiary/aromatic N) is 3. The number of aromatic nitrogens is 2. The van der Waals surface area contributed by atoms with Gasteiger partial charge in [0, 0.05) is 14.1 Å². The van der Waals surface area contributed by atoms with E-state index in [0.29, 0.717) is 11.5 Å². The third kappa shape index (κ3) is 3.66. The second-order valence-corrected chi connectivity index (χ2v) is 5.46. The number of aliphatic hydroxyl groups excluding tert-OH is 1. The number of hydrogen-bond donors (Lipinski definition) is 2. The first-order valence-electron chi connectivity index (χ1n) is 7.08. The quantitative estimate of drug-likeness (QED) is 0.814. The van der Waals surface area contributed by atoms with Crippen LogP contribution in [0.15, 0.2) is 12.1 Å². The van der Waals surface area contributed by atoms with Gasteiger partial charge in [0.1, 0.15) is 5.82 Å². The van der Waals surface area contributed by atoms with Crippen LogP contribution in [-0.2, 0) is 0 Å². The van der Waals surface area contributed by atoms with E-state index in [4.69, 9.17) is 0 Å². The maximum absolute atomic E-state index is 11.7. The SMILES string of the molecule is CN(C)C(=O)c1ccc(NC2CCCCCC2O)nn1. The predicted molar refractivity (Wildman–Crippen MR) is 76.6 cm³/mol. The zero-order valence-electron chi connectivity index (χ0n) is 12.0. The summed E-state index contributed by atoms with van der Waals surface area (Å²) in [4.78, 5) is 13.2. The van der Waals surface area contributed by atoms with Crippen LogP contribution in [0.1, 0.15) is 42.6 Å². The van der Waals surface area contributed by atoms with Crippen LogP contribution in [0.5, 0.6) is 0 Å². The molecule has 1 saturated carbocycles. The van der Waals surface area contributed by atoms with Crippen molar-refractivity contribution in [3.8, 4) is 0 Å². The van der Waals surface area contributed by atoms with Crippen LogP contribution in [0, 0.1) is 0 Å². The number of carbonyl (C=O) groups excluding carboxylic acids is 1. The fourth-order valence-corrected chi connectivity index (χ4v) is 2.40. The maximum Gasteiger partial charge on any atom is 0.273 e. The highest BCUT2D eigenvalue weighted by Gasteiger charge is 2.22. The second kappa shape index (κ2) is 6.65. The van der Waals surface area contributed by atoms with Crippen LogP contribution in [0.4, 0.5) is 5.82 Å². The molecule has 0 aliphatic heterocycles. The lowest BCUT2D eigenvalue weighted by molar-refractivity contribution is 0.0821. The highest BCUT2D eigenvalue weighted by atomic mass is 16.3. The van der Waals surface area contributed by atoms with Gasteiger partial charge in [0.25, 0.3) is 5.91 Å². The molecule has 2 atom stereocenters. The molecule has 1 amide bonds. The first-order valence-corrected chi connectivity index (χ1v) is 7.08. The van der Waals surface area contributed by atoms with Gasteiger partial charge >= 0.3 is 0 Å². The lowest BCUT2D eigenvalue weighted by atomic mass is 10.1. The Morgan fingerprint density at radius 3 is 2.65 bits per heavy atom. The third-order valence-electron chi connectivity index (χ3n) is 3.60. The van der Waals surface area contributed by atoms with Gasteiger partial charge in [-0.3, -0.25) is 4.79 Å². The molecule has 1 heterocycles. The molecule has 1 aromatic heterocycles. The van der Waals surface area contributed by atoms with E-state index in [9.17, 15) is 9.90 Å². The van der Waals surface area contributed by atoms with E-state index in [1.165, 1.54) is 4.90 Å². The Balaban J connectivity index is 2.01. The molecule has 1 aliphatic carbocycles. The number of amides is 1. The molecule has 0 radical (unpaired) electrons. The van der Waals surface area contributed by atoms with Crippen molar-refractivity contribution in [1.29, 1.82) is 0 Å². The minimum atomic E-state index is -0.345. The summed E-state index contributed by atoms with van der Waals surface area (Å²) in [5, 5.41) is 21.2. The van der Waals surface area contributed by atoms with Crippen molar-refractivity contribution in [3.05, 3.63) is 17.8 Å². The third-order valence-corrected chi connectivity index (χ3v) is 3.60. The van der Waals surface area contributed by atoms with Crippen molar-refractivity contribution in [3.63, 3.8) is 0 Å². The van der Waals surface area contributed by atoms with E-state index in [1.54, 1.807) is 26.2 Å². The van der Waals surface area contributed by atoms with E-state index in [1.807, 2.05) is 0 Å². The first-order chi connectivity index (χ1) is 9.58. The minimum absolute atomic E-state index is 0.0159. The monoisotopic (exact) mass is 278 g/mol. The van der Waals surface area contributed by atoms with Crippen molar-refractivity contribution in [2.24, 2.45) is 0 Å². The van der Waals surface area contributed by atoms with Crippen LogP contribution in [0.2, 0.25) is 0 Å². The average Bonchev–Trinajstić information content (AvgIpc) is 2.64. The molecule has 1 aromatic rings. The standard InChI is InChI=1S/C14H22N4O2/c1-18(2)14(20)11-8-9-13(17-16-11)15-10-6-4-3-5-7-12(10)19/h8-10,12,19H,3-7H2,1-2H3,(H,15,17). The Morgan fingerprint density at radius 2 is 2.00 bits per heavy atom. The predicted octanol–water partition coefficient (Wildman–Crippen LogP) is 1.28. The van der Waals surface area contributed by atoms with Crippen molar-refractivity contribution in [2.75, 3.05) is 19.4 Å². The molecule has 0 bridgehead atoms. The normalized spacial score (nSPS) is 22.9. The van der Waals surface area contributed by atoms with E-state index in [0.717, 1.165) is 32.1 Å². The molecule has 2 rings (SSSR count). The molecule has 110 valence electrons. The van der Waals surface area contributed by atoms with Gasteiger partial charge in [-0.2, -0.15) is 0 Å². The van der Waals surface area contributed by atoms with E-state index in [-0.39, 0.29) is 18.1 Å². The largest absolute Gasteiger partial charge is 0.391 e. The summed E-state index contributed by atoms with van der Waals surface area (Å²) in [6, 6.07) is 3.41. The van der Waals surface area contributed by atoms with Gasteiger partial charge in [-0.05, 0) is 25.0 Å². The number of anilines is 1. The highest BCUT2D eigenvalue weighted by molar-refractivity contribution is 5.91. The van der Waals surface area contributed by atoms with Crippen molar-refractivity contribution in [2.45, 2.75) is 44.2 Å². The van der Waals surface area contributed by atoms with Crippen LogP contribution in [-0.4, -0.2) is 52.4 Å². The molecule has 1 aliphatic rings. The summed E-state index contributed by atoms with van der Waals surface area (Å²) in [6.45, 7) is 0. The fourth-order valence-electron chi connectivity index (χ4n) is 2.40. The van der Waals surface area contributed by atoms with Gasteiger partial charge in [0.05, 0.1) is 12.1 Å². The summed E-state index contributed by atoms with van der Waals surface area (Å²) in [6.07, 6.45) is 4.75. The second-order valence-electron chi connectivity index (χ2n) is 5.46. The van der Waals surface area contributed by atoms with Gasteiger partial charge < -0.3 is 15.3 Å². The molecule has 0 aromatic carbocycles. The summed E-state index contributed by atoms with van der Waals surface area (Å²) in [7, 11) is 3.36. The molecule has 2 unspecified atom stereocenters. The number of carbonyl (C=O) groups is 1. The smallest absolute Gasteiger partial charge is 0.273 e. The number of rotatable bonds is 3. The first kappa shape index (κ1) is 14.7. The lowest BCUT2D eigenvalue weighted by Gasteiger charge is -2.22. The van der Waals surface area contributed by atoms with Crippen LogP contribution in [0.25, 0.3) is 0 Å². The Labute approximate surface area is 119 Å². The number of nitrogens with one attached hydrogen (secondary N) is 1. The van der Waals surface area contributed by atoms with Crippen LogP contribution in [0.3, 0.4) is 0 Å². The summed E-state index contributed by atoms with van der Waals surface area (Å²) in [5.41, 5.74) is 0.321. The molecule has 20 heavy (non-hydrogen) atoms. The van der Waals surface area contributed by atoms with Crippen LogP contribution < -0.4 is 5.32 Å². The van der Waals surface area contributed by atoms with E-state index >= 15 is 0 Å². The summed E-state index contributed by atoms with van der Waals surface area (Å²) >= 11 is 0. The van der Waals surface area contributed by atoms with Gasteiger partial charge in [-0.25, -0.2) is 0 Å². The van der Waals surface area contributed by atoms with Gasteiger partial charge in [-0.15, -0.1) is 10.2 Å². The molecule has 2 N–H and O–H groups in total. The Morgan fingerprint density at radius 1 is 1.25 bits per heavy atom. The number of hydrogen-bond acceptors (Lipinski definition) is 5. The molecular formula is C14H22N4O2. The number of aliphatic hydroxyl groups is 1. The zero-order chi connectivity index (χ0) is 14.5. The van der Waals surface area contributed by atoms with E-state index in [2.05, 4.69) is 15.5 Å². The summed E-state index contributed by atoms with van der Waals surface area (Å²) < 4.78 is 0. The molecular weight excluding hydrogens is 256 g/mol. The molecule has 6 heteroatoms. The molecule has 6 nitrogen and oxygen atoms in total. The maximum atomic E-state index is 11.7.